The summed E-state index contributed by atoms with van der Waals surface area (Å²) in [7, 11) is 0. The molecule has 0 heterocycles. The molecule has 0 spiro atoms. The van der Waals surface area contributed by atoms with Gasteiger partial charge in [-0.25, -0.2) is 8.78 Å². The van der Waals surface area contributed by atoms with E-state index in [9.17, 15) is 13.6 Å². The molecule has 0 unspecified atom stereocenters. The molecule has 0 bridgehead atoms. The Morgan fingerprint density at radius 1 is 1.19 bits per heavy atom. The van der Waals surface area contributed by atoms with Crippen LogP contribution in [0.15, 0.2) is 47.4 Å². The fourth-order valence-corrected chi connectivity index (χ4v) is 2.58. The van der Waals surface area contributed by atoms with Crippen molar-refractivity contribution in [3.05, 3.63) is 59.1 Å². The molecule has 1 amide bonds. The van der Waals surface area contributed by atoms with E-state index in [0.717, 1.165) is 23.9 Å². The molecule has 0 saturated carbocycles. The number of rotatable bonds is 4. The third-order valence-electron chi connectivity index (χ3n) is 2.68. The van der Waals surface area contributed by atoms with Gasteiger partial charge in [-0.05, 0) is 43.3 Å². The van der Waals surface area contributed by atoms with Crippen LogP contribution < -0.4 is 5.32 Å². The molecule has 2 rings (SSSR count). The molecule has 0 aliphatic rings. The second kappa shape index (κ2) is 6.91. The first-order valence-electron chi connectivity index (χ1n) is 6.14. The average molecular weight is 328 g/mol. The maximum absolute atomic E-state index is 13.5. The lowest BCUT2D eigenvalue weighted by atomic mass is 10.3. The van der Waals surface area contributed by atoms with E-state index in [2.05, 4.69) is 5.32 Å². The van der Waals surface area contributed by atoms with Crippen molar-refractivity contribution in [2.45, 2.75) is 17.1 Å². The molecule has 2 nitrogen and oxygen atoms in total. The van der Waals surface area contributed by atoms with E-state index in [4.69, 9.17) is 11.6 Å². The molecule has 0 aliphatic carbocycles. The van der Waals surface area contributed by atoms with Gasteiger partial charge in [0.2, 0.25) is 5.91 Å². The van der Waals surface area contributed by atoms with Crippen LogP contribution in [0.5, 0.6) is 0 Å². The highest BCUT2D eigenvalue weighted by atomic mass is 35.5. The summed E-state index contributed by atoms with van der Waals surface area (Å²) in [6.07, 6.45) is 0. The number of anilines is 1. The highest BCUT2D eigenvalue weighted by Crippen LogP contribution is 2.27. The van der Waals surface area contributed by atoms with Crippen LogP contribution in [0, 0.1) is 11.6 Å². The molecule has 6 heteroatoms. The van der Waals surface area contributed by atoms with Gasteiger partial charge in [-0.2, -0.15) is 0 Å². The summed E-state index contributed by atoms with van der Waals surface area (Å²) in [6, 6.07) is 9.96. The smallest absolute Gasteiger partial charge is 0.237 e. The van der Waals surface area contributed by atoms with Crippen molar-refractivity contribution in [2.24, 2.45) is 0 Å². The van der Waals surface area contributed by atoms with Gasteiger partial charge in [0.25, 0.3) is 0 Å². The normalized spacial score (nSPS) is 12.0. The number of amides is 1. The molecule has 1 atom stereocenters. The van der Waals surface area contributed by atoms with E-state index in [1.165, 1.54) is 6.07 Å². The molecular weight excluding hydrogens is 316 g/mol. The van der Waals surface area contributed by atoms with Gasteiger partial charge in [0, 0.05) is 21.7 Å². The lowest BCUT2D eigenvalue weighted by molar-refractivity contribution is -0.115. The Kier molecular flexibility index (Phi) is 5.20. The topological polar surface area (TPSA) is 29.1 Å². The molecule has 110 valence electrons. The van der Waals surface area contributed by atoms with Gasteiger partial charge in [-0.1, -0.05) is 11.6 Å². The van der Waals surface area contributed by atoms with Crippen molar-refractivity contribution >= 4 is 35.0 Å². The van der Waals surface area contributed by atoms with Gasteiger partial charge in [-0.3, -0.25) is 4.79 Å². The lowest BCUT2D eigenvalue weighted by Gasteiger charge is -2.12. The van der Waals surface area contributed by atoms with Crippen LogP contribution in [-0.4, -0.2) is 11.2 Å². The number of halogens is 3. The first-order valence-corrected chi connectivity index (χ1v) is 7.39. The Balaban J connectivity index is 2.00. The molecule has 2 aromatic rings. The lowest BCUT2D eigenvalue weighted by Crippen LogP contribution is -2.22. The van der Waals surface area contributed by atoms with Crippen molar-refractivity contribution < 1.29 is 13.6 Å². The predicted octanol–water partition coefficient (Wildman–Crippen LogP) is 4.74. The highest BCUT2D eigenvalue weighted by molar-refractivity contribution is 8.00. The van der Waals surface area contributed by atoms with Crippen LogP contribution in [0.25, 0.3) is 0 Å². The number of benzene rings is 2. The predicted molar refractivity (Wildman–Crippen MR) is 81.8 cm³/mol. The monoisotopic (exact) mass is 327 g/mol. The van der Waals surface area contributed by atoms with E-state index < -0.39 is 16.9 Å². The summed E-state index contributed by atoms with van der Waals surface area (Å²) in [4.78, 5) is 12.3. The van der Waals surface area contributed by atoms with Crippen molar-refractivity contribution in [2.75, 3.05) is 5.32 Å². The van der Waals surface area contributed by atoms with E-state index in [1.807, 2.05) is 0 Å². The summed E-state index contributed by atoms with van der Waals surface area (Å²) >= 11 is 6.79. The van der Waals surface area contributed by atoms with Crippen molar-refractivity contribution in [1.29, 1.82) is 0 Å². The number of thioether (sulfide) groups is 1. The molecule has 0 saturated heterocycles. The molecule has 0 radical (unpaired) electrons. The van der Waals surface area contributed by atoms with E-state index >= 15 is 0 Å². The largest absolute Gasteiger partial charge is 0.325 e. The first kappa shape index (κ1) is 15.8. The van der Waals surface area contributed by atoms with Crippen molar-refractivity contribution in [3.63, 3.8) is 0 Å². The quantitative estimate of drug-likeness (QED) is 0.822. The highest BCUT2D eigenvalue weighted by Gasteiger charge is 2.17. The SMILES string of the molecule is C[C@H](Sc1ccc(F)cc1F)C(=O)Nc1ccc(Cl)cc1. The van der Waals surface area contributed by atoms with Crippen LogP contribution in [0.4, 0.5) is 14.5 Å². The molecule has 0 aliphatic heterocycles. The van der Waals surface area contributed by atoms with Gasteiger partial charge in [0.15, 0.2) is 0 Å². The van der Waals surface area contributed by atoms with Crippen molar-refractivity contribution in [1.82, 2.24) is 0 Å². The zero-order valence-corrected chi connectivity index (χ0v) is 12.6. The zero-order valence-electron chi connectivity index (χ0n) is 11.1. The van der Waals surface area contributed by atoms with E-state index in [0.29, 0.717) is 10.7 Å². The number of carbonyl (C=O) groups is 1. The Labute approximate surface area is 130 Å². The van der Waals surface area contributed by atoms with Crippen LogP contribution in [0.3, 0.4) is 0 Å². The molecule has 0 aromatic heterocycles. The summed E-state index contributed by atoms with van der Waals surface area (Å²) < 4.78 is 26.4. The van der Waals surface area contributed by atoms with Crippen LogP contribution >= 0.6 is 23.4 Å². The van der Waals surface area contributed by atoms with E-state index in [-0.39, 0.29) is 10.8 Å². The second-order valence-electron chi connectivity index (χ2n) is 4.33. The number of hydrogen-bond acceptors (Lipinski definition) is 2. The third kappa shape index (κ3) is 4.44. The Morgan fingerprint density at radius 2 is 1.86 bits per heavy atom. The summed E-state index contributed by atoms with van der Waals surface area (Å²) in [5, 5.41) is 2.75. The van der Waals surface area contributed by atoms with Gasteiger partial charge < -0.3 is 5.32 Å². The van der Waals surface area contributed by atoms with E-state index in [1.54, 1.807) is 31.2 Å². The van der Waals surface area contributed by atoms with Gasteiger partial charge in [-0.15, -0.1) is 11.8 Å². The maximum Gasteiger partial charge on any atom is 0.237 e. The molecule has 1 N–H and O–H groups in total. The molecule has 2 aromatic carbocycles. The van der Waals surface area contributed by atoms with Crippen LogP contribution in [0.2, 0.25) is 5.02 Å². The Morgan fingerprint density at radius 3 is 2.48 bits per heavy atom. The van der Waals surface area contributed by atoms with Gasteiger partial charge >= 0.3 is 0 Å². The number of carbonyl (C=O) groups excluding carboxylic acids is 1. The minimum absolute atomic E-state index is 0.232. The fourth-order valence-electron chi connectivity index (χ4n) is 1.59. The van der Waals surface area contributed by atoms with Crippen LogP contribution in [0.1, 0.15) is 6.92 Å². The number of hydrogen-bond donors (Lipinski definition) is 1. The fraction of sp³-hybridized carbons (Fsp3) is 0.133. The Hall–Kier alpha value is -1.59. The first-order chi connectivity index (χ1) is 9.95. The molecule has 0 fully saturated rings. The maximum atomic E-state index is 13.5. The number of nitrogens with one attached hydrogen (secondary N) is 1. The summed E-state index contributed by atoms with van der Waals surface area (Å²) in [6.45, 7) is 1.65. The minimum atomic E-state index is -0.675. The second-order valence-corrected chi connectivity index (χ2v) is 6.15. The summed E-state index contributed by atoms with van der Waals surface area (Å²) in [5.41, 5.74) is 0.608. The van der Waals surface area contributed by atoms with Gasteiger partial charge in [0.05, 0.1) is 5.25 Å². The van der Waals surface area contributed by atoms with Crippen molar-refractivity contribution in [3.8, 4) is 0 Å². The minimum Gasteiger partial charge on any atom is -0.325 e. The van der Waals surface area contributed by atoms with Crippen LogP contribution in [-0.2, 0) is 4.79 Å². The molecular formula is C15H12ClF2NOS. The average Bonchev–Trinajstić information content (AvgIpc) is 2.44. The third-order valence-corrected chi connectivity index (χ3v) is 4.08. The standard InChI is InChI=1S/C15H12ClF2NOS/c1-9(21-14-7-4-11(17)8-13(14)18)15(20)19-12-5-2-10(16)3-6-12/h2-9H,1H3,(H,19,20)/t9-/m0/s1. The summed E-state index contributed by atoms with van der Waals surface area (Å²) in [5.74, 6) is -1.59. The van der Waals surface area contributed by atoms with Gasteiger partial charge in [0.1, 0.15) is 11.6 Å². The zero-order chi connectivity index (χ0) is 15.4. The molecule has 21 heavy (non-hydrogen) atoms. The Bertz CT molecular complexity index is 649.